The molecule has 2 N–H and O–H groups in total. The molecule has 2 atom stereocenters. The summed E-state index contributed by atoms with van der Waals surface area (Å²) in [5.41, 5.74) is 0.999. The van der Waals surface area contributed by atoms with Crippen molar-refractivity contribution in [2.24, 2.45) is 0 Å². The van der Waals surface area contributed by atoms with Gasteiger partial charge in [0.1, 0.15) is 11.9 Å². The van der Waals surface area contributed by atoms with E-state index in [0.29, 0.717) is 30.3 Å². The van der Waals surface area contributed by atoms with E-state index in [1.165, 1.54) is 0 Å². The Kier molecular flexibility index (Phi) is 5.43. The third-order valence-corrected chi connectivity index (χ3v) is 4.61. The largest absolute Gasteiger partial charge is 0.467 e. The molecule has 2 amide bonds. The lowest BCUT2D eigenvalue weighted by Crippen LogP contribution is -2.43. The van der Waals surface area contributed by atoms with E-state index in [4.69, 9.17) is 16.0 Å². The molecule has 128 valence electrons. The topological polar surface area (TPSA) is 65.7 Å². The van der Waals surface area contributed by atoms with Crippen LogP contribution in [0.1, 0.15) is 36.7 Å². The summed E-state index contributed by atoms with van der Waals surface area (Å²) >= 11 is 5.86. The van der Waals surface area contributed by atoms with Crippen LogP contribution in [0.4, 0.5) is 4.79 Å². The summed E-state index contributed by atoms with van der Waals surface area (Å²) in [5, 5.41) is 13.9. The normalized spacial score (nSPS) is 18.6. The van der Waals surface area contributed by atoms with E-state index >= 15 is 0 Å². The highest BCUT2D eigenvalue weighted by molar-refractivity contribution is 6.30. The van der Waals surface area contributed by atoms with Crippen LogP contribution in [0.2, 0.25) is 5.02 Å². The molecule has 2 unspecified atom stereocenters. The van der Waals surface area contributed by atoms with Crippen molar-refractivity contribution in [3.05, 3.63) is 59.0 Å². The third kappa shape index (κ3) is 4.10. The second-order valence-electron chi connectivity index (χ2n) is 6.04. The van der Waals surface area contributed by atoms with Gasteiger partial charge in [0.2, 0.25) is 0 Å². The molecule has 0 bridgehead atoms. The first-order valence-electron chi connectivity index (χ1n) is 8.14. The maximum absolute atomic E-state index is 12.4. The molecule has 1 fully saturated rings. The number of likely N-dealkylation sites (tertiary alicyclic amines) is 1. The minimum Gasteiger partial charge on any atom is -0.467 e. The fourth-order valence-corrected chi connectivity index (χ4v) is 3.21. The molecule has 0 radical (unpaired) electrons. The molecule has 1 aliphatic heterocycles. The van der Waals surface area contributed by atoms with Crippen LogP contribution in [0.15, 0.2) is 47.1 Å². The number of nitrogens with one attached hydrogen (secondary N) is 1. The summed E-state index contributed by atoms with van der Waals surface area (Å²) in [6.45, 7) is 1.17. The van der Waals surface area contributed by atoms with Gasteiger partial charge in [-0.1, -0.05) is 23.7 Å². The fourth-order valence-electron chi connectivity index (χ4n) is 3.08. The summed E-state index contributed by atoms with van der Waals surface area (Å²) in [7, 11) is 0. The molecule has 24 heavy (non-hydrogen) atoms. The Labute approximate surface area is 146 Å². The fraction of sp³-hybridized carbons (Fsp3) is 0.389. The number of carbonyl (C=O) groups excluding carboxylic acids is 1. The molecule has 0 spiro atoms. The van der Waals surface area contributed by atoms with E-state index in [0.717, 1.165) is 18.4 Å². The van der Waals surface area contributed by atoms with Crippen LogP contribution in [0.25, 0.3) is 0 Å². The molecule has 1 aromatic carbocycles. The van der Waals surface area contributed by atoms with Gasteiger partial charge in [-0.15, -0.1) is 0 Å². The molecule has 3 rings (SSSR count). The Hall–Kier alpha value is -1.98. The standard InChI is InChI=1S/C18H21ClN2O3/c19-14-7-5-13(6-8-14)12-20-18(23)21-9-1-3-15(21)11-16(22)17-4-2-10-24-17/h2,4-8,10,15-16,22H,1,3,9,11-12H2,(H,20,23). The van der Waals surface area contributed by atoms with Gasteiger partial charge in [0, 0.05) is 30.6 Å². The molecule has 1 aromatic heterocycles. The molecule has 0 aliphatic carbocycles. The van der Waals surface area contributed by atoms with Crippen LogP contribution in [-0.4, -0.2) is 28.6 Å². The molecule has 5 nitrogen and oxygen atoms in total. The maximum atomic E-state index is 12.4. The first-order chi connectivity index (χ1) is 11.6. The van der Waals surface area contributed by atoms with E-state index < -0.39 is 6.10 Å². The third-order valence-electron chi connectivity index (χ3n) is 4.36. The predicted molar refractivity (Wildman–Crippen MR) is 91.7 cm³/mol. The number of hydrogen-bond acceptors (Lipinski definition) is 3. The molecule has 6 heteroatoms. The highest BCUT2D eigenvalue weighted by Gasteiger charge is 2.31. The molecule has 1 aliphatic rings. The number of carbonyl (C=O) groups is 1. The summed E-state index contributed by atoms with van der Waals surface area (Å²) in [4.78, 5) is 14.3. The summed E-state index contributed by atoms with van der Waals surface area (Å²) < 4.78 is 5.24. The van der Waals surface area contributed by atoms with Gasteiger partial charge < -0.3 is 19.7 Å². The van der Waals surface area contributed by atoms with Crippen LogP contribution < -0.4 is 5.32 Å². The Morgan fingerprint density at radius 1 is 1.38 bits per heavy atom. The maximum Gasteiger partial charge on any atom is 0.317 e. The molecular weight excluding hydrogens is 328 g/mol. The van der Waals surface area contributed by atoms with Crippen LogP contribution in [0.3, 0.4) is 0 Å². The number of rotatable bonds is 5. The zero-order valence-electron chi connectivity index (χ0n) is 13.3. The number of benzene rings is 1. The van der Waals surface area contributed by atoms with Gasteiger partial charge in [-0.25, -0.2) is 4.79 Å². The average molecular weight is 349 g/mol. The van der Waals surface area contributed by atoms with Crippen molar-refractivity contribution >= 4 is 17.6 Å². The van der Waals surface area contributed by atoms with Gasteiger partial charge in [0.15, 0.2) is 0 Å². The molecule has 2 aromatic rings. The number of aliphatic hydroxyl groups is 1. The highest BCUT2D eigenvalue weighted by atomic mass is 35.5. The van der Waals surface area contributed by atoms with Crippen LogP contribution in [0, 0.1) is 0 Å². The van der Waals surface area contributed by atoms with Gasteiger partial charge >= 0.3 is 6.03 Å². The van der Waals surface area contributed by atoms with Crippen LogP contribution >= 0.6 is 11.6 Å². The van der Waals surface area contributed by atoms with E-state index in [1.54, 1.807) is 30.5 Å². The quantitative estimate of drug-likeness (QED) is 0.865. The van der Waals surface area contributed by atoms with Gasteiger partial charge in [-0.3, -0.25) is 0 Å². The van der Waals surface area contributed by atoms with Crippen molar-refractivity contribution in [3.8, 4) is 0 Å². The van der Waals surface area contributed by atoms with E-state index in [-0.39, 0.29) is 12.1 Å². The van der Waals surface area contributed by atoms with E-state index in [1.807, 2.05) is 17.0 Å². The smallest absolute Gasteiger partial charge is 0.317 e. The van der Waals surface area contributed by atoms with Crippen molar-refractivity contribution in [1.29, 1.82) is 0 Å². The van der Waals surface area contributed by atoms with Crippen molar-refractivity contribution in [2.45, 2.75) is 38.0 Å². The lowest BCUT2D eigenvalue weighted by Gasteiger charge is -2.26. The highest BCUT2D eigenvalue weighted by Crippen LogP contribution is 2.27. The van der Waals surface area contributed by atoms with E-state index in [9.17, 15) is 9.90 Å². The molecule has 2 heterocycles. The number of furan rings is 1. The zero-order chi connectivity index (χ0) is 16.9. The Bertz CT molecular complexity index is 657. The molecule has 0 saturated carbocycles. The average Bonchev–Trinajstić information content (AvgIpc) is 3.25. The second kappa shape index (κ2) is 7.73. The Morgan fingerprint density at radius 2 is 2.17 bits per heavy atom. The second-order valence-corrected chi connectivity index (χ2v) is 6.48. The summed E-state index contributed by atoms with van der Waals surface area (Å²) in [6, 6.07) is 10.8. The lowest BCUT2D eigenvalue weighted by atomic mass is 10.1. The van der Waals surface area contributed by atoms with Crippen LogP contribution in [0.5, 0.6) is 0 Å². The number of halogens is 1. The van der Waals surface area contributed by atoms with E-state index in [2.05, 4.69) is 5.32 Å². The number of urea groups is 1. The molecular formula is C18H21ClN2O3. The first kappa shape index (κ1) is 16.9. The number of nitrogens with zero attached hydrogens (tertiary/aromatic N) is 1. The van der Waals surface area contributed by atoms with Crippen molar-refractivity contribution in [1.82, 2.24) is 10.2 Å². The van der Waals surface area contributed by atoms with Crippen molar-refractivity contribution < 1.29 is 14.3 Å². The van der Waals surface area contributed by atoms with Crippen molar-refractivity contribution in [2.75, 3.05) is 6.54 Å². The van der Waals surface area contributed by atoms with Gasteiger partial charge in [0.05, 0.1) is 6.26 Å². The summed E-state index contributed by atoms with van der Waals surface area (Å²) in [5.74, 6) is 0.545. The number of amides is 2. The minimum atomic E-state index is -0.685. The number of aliphatic hydroxyl groups excluding tert-OH is 1. The minimum absolute atomic E-state index is 0.0234. The van der Waals surface area contributed by atoms with Gasteiger partial charge in [0.25, 0.3) is 0 Å². The SMILES string of the molecule is O=C(NCc1ccc(Cl)cc1)N1CCCC1CC(O)c1ccco1. The van der Waals surface area contributed by atoms with Crippen LogP contribution in [-0.2, 0) is 6.54 Å². The monoisotopic (exact) mass is 348 g/mol. The Morgan fingerprint density at radius 3 is 2.88 bits per heavy atom. The zero-order valence-corrected chi connectivity index (χ0v) is 14.1. The number of hydrogen-bond donors (Lipinski definition) is 2. The predicted octanol–water partition coefficient (Wildman–Crippen LogP) is 3.73. The molecule has 1 saturated heterocycles. The Balaban J connectivity index is 1.54. The van der Waals surface area contributed by atoms with Gasteiger partial charge in [-0.2, -0.15) is 0 Å². The lowest BCUT2D eigenvalue weighted by molar-refractivity contribution is 0.108. The van der Waals surface area contributed by atoms with Gasteiger partial charge in [-0.05, 0) is 42.7 Å². The first-order valence-corrected chi connectivity index (χ1v) is 8.51. The summed E-state index contributed by atoms with van der Waals surface area (Å²) in [6.07, 6.45) is 3.19. The van der Waals surface area contributed by atoms with Crippen molar-refractivity contribution in [3.63, 3.8) is 0 Å².